The largest absolute Gasteiger partial charge is 0.0885 e. The molecular weight excluding hydrogens is 224 g/mol. The lowest BCUT2D eigenvalue weighted by Crippen LogP contribution is -2.20. The van der Waals surface area contributed by atoms with E-state index in [1.54, 1.807) is 0 Å². The van der Waals surface area contributed by atoms with E-state index in [-0.39, 0.29) is 0 Å². The Morgan fingerprint density at radius 1 is 1.15 bits per heavy atom. The minimum absolute atomic E-state index is 0.412. The Bertz CT molecular complexity index is 124. The van der Waals surface area contributed by atoms with Gasteiger partial charge >= 0.3 is 0 Å². The molecule has 0 radical (unpaired) electrons. The summed E-state index contributed by atoms with van der Waals surface area (Å²) >= 11 is 3.77. The predicted molar refractivity (Wildman–Crippen MR) is 65.5 cm³/mol. The highest BCUT2D eigenvalue weighted by Crippen LogP contribution is 2.30. The number of rotatable bonds is 5. The van der Waals surface area contributed by atoms with Crippen LogP contribution in [0.15, 0.2) is 0 Å². The molecule has 0 aliphatic rings. The van der Waals surface area contributed by atoms with E-state index in [1.165, 1.54) is 25.7 Å². The van der Waals surface area contributed by atoms with Gasteiger partial charge in [-0.2, -0.15) is 0 Å². The Balaban J connectivity index is 3.54. The number of halogens is 1. The lowest BCUT2D eigenvalue weighted by molar-refractivity contribution is 0.367. The van der Waals surface area contributed by atoms with Gasteiger partial charge in [-0.15, -0.1) is 0 Å². The van der Waals surface area contributed by atoms with Crippen LogP contribution in [0, 0.1) is 11.3 Å². The van der Waals surface area contributed by atoms with E-state index in [4.69, 9.17) is 0 Å². The summed E-state index contributed by atoms with van der Waals surface area (Å²) in [5.74, 6) is 0.902. The third kappa shape index (κ3) is 6.54. The van der Waals surface area contributed by atoms with Crippen molar-refractivity contribution in [2.75, 3.05) is 0 Å². The van der Waals surface area contributed by atoms with Gasteiger partial charge in [0.1, 0.15) is 0 Å². The van der Waals surface area contributed by atoms with Crippen molar-refractivity contribution in [3.05, 3.63) is 0 Å². The van der Waals surface area contributed by atoms with Crippen molar-refractivity contribution in [3.8, 4) is 0 Å². The second-order valence-corrected chi connectivity index (χ2v) is 6.38. The van der Waals surface area contributed by atoms with Gasteiger partial charge in [0.2, 0.25) is 0 Å². The molecule has 2 atom stereocenters. The molecule has 80 valence electrons. The molecule has 2 unspecified atom stereocenters. The standard InChI is InChI=1S/C12H25Br/c1-6-10(2)8-7-9-11(13)12(3,4)5/h10-11H,6-9H2,1-5H3. The number of alkyl halides is 1. The molecule has 0 nitrogen and oxygen atoms in total. The van der Waals surface area contributed by atoms with Crippen LogP contribution < -0.4 is 0 Å². The van der Waals surface area contributed by atoms with Gasteiger partial charge in [-0.3, -0.25) is 0 Å². The van der Waals surface area contributed by atoms with Gasteiger partial charge in [0.05, 0.1) is 0 Å². The van der Waals surface area contributed by atoms with Gasteiger partial charge < -0.3 is 0 Å². The smallest absolute Gasteiger partial charge is 0.0194 e. The molecule has 0 heterocycles. The van der Waals surface area contributed by atoms with Crippen molar-refractivity contribution in [1.29, 1.82) is 0 Å². The minimum Gasteiger partial charge on any atom is -0.0885 e. The molecule has 0 spiro atoms. The first kappa shape index (κ1) is 13.5. The highest BCUT2D eigenvalue weighted by atomic mass is 79.9. The van der Waals surface area contributed by atoms with Crippen LogP contribution in [0.2, 0.25) is 0 Å². The second-order valence-electron chi connectivity index (χ2n) is 5.28. The maximum atomic E-state index is 3.77. The van der Waals surface area contributed by atoms with E-state index >= 15 is 0 Å². The summed E-state index contributed by atoms with van der Waals surface area (Å²) in [6, 6.07) is 0. The molecule has 0 aromatic carbocycles. The van der Waals surface area contributed by atoms with Crippen molar-refractivity contribution in [3.63, 3.8) is 0 Å². The van der Waals surface area contributed by atoms with Crippen LogP contribution in [0.25, 0.3) is 0 Å². The molecule has 0 fully saturated rings. The van der Waals surface area contributed by atoms with E-state index in [2.05, 4.69) is 50.5 Å². The average Bonchev–Trinajstić information content (AvgIpc) is 2.02. The summed E-state index contributed by atoms with van der Waals surface area (Å²) in [5.41, 5.74) is 0.412. The van der Waals surface area contributed by atoms with Gasteiger partial charge in [0.25, 0.3) is 0 Å². The maximum Gasteiger partial charge on any atom is 0.0194 e. The zero-order valence-electron chi connectivity index (χ0n) is 9.86. The molecule has 0 bridgehead atoms. The van der Waals surface area contributed by atoms with Crippen molar-refractivity contribution >= 4 is 15.9 Å². The molecule has 0 rings (SSSR count). The summed E-state index contributed by atoms with van der Waals surface area (Å²) < 4.78 is 0. The van der Waals surface area contributed by atoms with Crippen LogP contribution >= 0.6 is 15.9 Å². The molecule has 0 aromatic rings. The van der Waals surface area contributed by atoms with E-state index in [0.29, 0.717) is 10.2 Å². The summed E-state index contributed by atoms with van der Waals surface area (Å²) in [4.78, 5) is 0.670. The van der Waals surface area contributed by atoms with E-state index < -0.39 is 0 Å². The van der Waals surface area contributed by atoms with Crippen LogP contribution in [-0.4, -0.2) is 4.83 Å². The fraction of sp³-hybridized carbons (Fsp3) is 1.00. The highest BCUT2D eigenvalue weighted by Gasteiger charge is 2.20. The zero-order valence-corrected chi connectivity index (χ0v) is 11.4. The Kier molecular flexibility index (Phi) is 6.28. The highest BCUT2D eigenvalue weighted by molar-refractivity contribution is 9.09. The first-order chi connectivity index (χ1) is 5.88. The Morgan fingerprint density at radius 3 is 2.08 bits per heavy atom. The normalized spacial score (nSPS) is 17.1. The summed E-state index contributed by atoms with van der Waals surface area (Å²) in [6.07, 6.45) is 5.38. The lowest BCUT2D eigenvalue weighted by atomic mass is 9.88. The molecule has 0 N–H and O–H groups in total. The molecule has 0 saturated carbocycles. The Morgan fingerprint density at radius 2 is 1.69 bits per heavy atom. The Labute approximate surface area is 92.6 Å². The summed E-state index contributed by atoms with van der Waals surface area (Å²) in [6.45, 7) is 11.5. The van der Waals surface area contributed by atoms with Gasteiger partial charge in [-0.05, 0) is 17.8 Å². The topological polar surface area (TPSA) is 0 Å². The fourth-order valence-electron chi connectivity index (χ4n) is 1.28. The van der Waals surface area contributed by atoms with Crippen molar-refractivity contribution in [1.82, 2.24) is 0 Å². The number of hydrogen-bond acceptors (Lipinski definition) is 0. The van der Waals surface area contributed by atoms with Crippen molar-refractivity contribution in [2.45, 2.75) is 65.1 Å². The van der Waals surface area contributed by atoms with Crippen LogP contribution in [0.3, 0.4) is 0 Å². The van der Waals surface area contributed by atoms with E-state index in [9.17, 15) is 0 Å². The van der Waals surface area contributed by atoms with E-state index in [0.717, 1.165) is 5.92 Å². The third-order valence-electron chi connectivity index (χ3n) is 2.79. The van der Waals surface area contributed by atoms with E-state index in [1.807, 2.05) is 0 Å². The summed E-state index contributed by atoms with van der Waals surface area (Å²) in [7, 11) is 0. The van der Waals surface area contributed by atoms with Crippen LogP contribution in [-0.2, 0) is 0 Å². The number of hydrogen-bond donors (Lipinski definition) is 0. The molecule has 0 amide bonds. The quantitative estimate of drug-likeness (QED) is 0.600. The molecule has 0 saturated heterocycles. The Hall–Kier alpha value is 0.480. The minimum atomic E-state index is 0.412. The molecular formula is C12H25Br. The van der Waals surface area contributed by atoms with Gasteiger partial charge in [0, 0.05) is 4.83 Å². The fourth-order valence-corrected chi connectivity index (χ4v) is 1.61. The second kappa shape index (κ2) is 6.06. The SMILES string of the molecule is CCC(C)CCCC(Br)C(C)(C)C. The van der Waals surface area contributed by atoms with Crippen LogP contribution in [0.4, 0.5) is 0 Å². The molecule has 1 heteroatoms. The molecule has 0 aliphatic carbocycles. The molecule has 0 aliphatic heterocycles. The first-order valence-corrected chi connectivity index (χ1v) is 6.43. The van der Waals surface area contributed by atoms with Gasteiger partial charge in [-0.1, -0.05) is 69.8 Å². The van der Waals surface area contributed by atoms with Crippen molar-refractivity contribution in [2.24, 2.45) is 11.3 Å². The van der Waals surface area contributed by atoms with Gasteiger partial charge in [-0.25, -0.2) is 0 Å². The monoisotopic (exact) mass is 248 g/mol. The van der Waals surface area contributed by atoms with Crippen LogP contribution in [0.1, 0.15) is 60.3 Å². The lowest BCUT2D eigenvalue weighted by Gasteiger charge is -2.25. The molecule has 0 aromatic heterocycles. The third-order valence-corrected chi connectivity index (χ3v) is 4.62. The molecule has 13 heavy (non-hydrogen) atoms. The van der Waals surface area contributed by atoms with Crippen molar-refractivity contribution < 1.29 is 0 Å². The average molecular weight is 249 g/mol. The van der Waals surface area contributed by atoms with Gasteiger partial charge in [0.15, 0.2) is 0 Å². The predicted octanol–water partition coefficient (Wildman–Crippen LogP) is 5.01. The first-order valence-electron chi connectivity index (χ1n) is 5.52. The maximum absolute atomic E-state index is 3.77. The van der Waals surface area contributed by atoms with Crippen LogP contribution in [0.5, 0.6) is 0 Å². The zero-order chi connectivity index (χ0) is 10.5. The summed E-state index contributed by atoms with van der Waals surface area (Å²) in [5, 5.41) is 0.